The summed E-state index contributed by atoms with van der Waals surface area (Å²) in [6.07, 6.45) is 3.16. The number of hydrogen-bond donors (Lipinski definition) is 0. The minimum absolute atomic E-state index is 0.569. The highest BCUT2D eigenvalue weighted by Crippen LogP contribution is 2.14. The molecule has 2 heterocycles. The third-order valence-corrected chi connectivity index (χ3v) is 1.93. The summed E-state index contributed by atoms with van der Waals surface area (Å²) >= 11 is 8.92. The van der Waals surface area contributed by atoms with Crippen LogP contribution in [-0.2, 0) is 0 Å². The number of hydrogen-bond acceptors (Lipinski definition) is 3. The van der Waals surface area contributed by atoms with Gasteiger partial charge in [-0.15, -0.1) is 0 Å². The van der Waals surface area contributed by atoms with Crippen molar-refractivity contribution in [1.82, 2.24) is 15.0 Å². The number of rotatable bonds is 0. The molecule has 12 heavy (non-hydrogen) atoms. The van der Waals surface area contributed by atoms with E-state index in [9.17, 15) is 0 Å². The second-order valence-corrected chi connectivity index (χ2v) is 3.44. The highest BCUT2D eigenvalue weighted by molar-refractivity contribution is 9.10. The smallest absolute Gasteiger partial charge is 0.179 e. The van der Waals surface area contributed by atoms with Crippen LogP contribution in [0, 0.1) is 0 Å². The van der Waals surface area contributed by atoms with E-state index in [1.165, 1.54) is 0 Å². The molecule has 2 rings (SSSR count). The van der Waals surface area contributed by atoms with Crippen LogP contribution in [0.15, 0.2) is 23.1 Å². The molecule has 0 aliphatic rings. The molecular formula is C7H3BrClN3. The highest BCUT2D eigenvalue weighted by atomic mass is 79.9. The van der Waals surface area contributed by atoms with Gasteiger partial charge in [-0.25, -0.2) is 9.97 Å². The van der Waals surface area contributed by atoms with Crippen molar-refractivity contribution in [3.05, 3.63) is 28.1 Å². The number of halogens is 2. The van der Waals surface area contributed by atoms with Crippen LogP contribution in [-0.4, -0.2) is 15.0 Å². The lowest BCUT2D eigenvalue weighted by Gasteiger charge is -1.95. The SMILES string of the molecule is Clc1cnc2nc(Br)cnc2c1. The van der Waals surface area contributed by atoms with Gasteiger partial charge in [-0.3, -0.25) is 4.98 Å². The summed E-state index contributed by atoms with van der Waals surface area (Å²) in [6, 6.07) is 1.73. The second-order valence-electron chi connectivity index (χ2n) is 2.19. The number of nitrogens with zero attached hydrogens (tertiary/aromatic N) is 3. The summed E-state index contributed by atoms with van der Waals surface area (Å²) in [5.41, 5.74) is 1.29. The Labute approximate surface area is 81.9 Å². The first-order valence-electron chi connectivity index (χ1n) is 3.19. The molecule has 3 nitrogen and oxygen atoms in total. The summed E-state index contributed by atoms with van der Waals surface area (Å²) in [5, 5.41) is 0.569. The Morgan fingerprint density at radius 3 is 2.92 bits per heavy atom. The minimum atomic E-state index is 0.569. The van der Waals surface area contributed by atoms with E-state index in [0.717, 1.165) is 0 Å². The van der Waals surface area contributed by atoms with Crippen molar-refractivity contribution in [2.24, 2.45) is 0 Å². The van der Waals surface area contributed by atoms with Crippen molar-refractivity contribution in [2.75, 3.05) is 0 Å². The van der Waals surface area contributed by atoms with Crippen LogP contribution in [0.3, 0.4) is 0 Å². The summed E-state index contributed by atoms with van der Waals surface area (Å²) in [7, 11) is 0. The van der Waals surface area contributed by atoms with Crippen LogP contribution in [0.25, 0.3) is 11.2 Å². The van der Waals surface area contributed by atoms with Gasteiger partial charge in [-0.1, -0.05) is 11.6 Å². The average molecular weight is 244 g/mol. The Hall–Kier alpha value is -0.740. The lowest BCUT2D eigenvalue weighted by atomic mass is 10.4. The van der Waals surface area contributed by atoms with Crippen LogP contribution in [0.5, 0.6) is 0 Å². The van der Waals surface area contributed by atoms with Crippen molar-refractivity contribution >= 4 is 38.7 Å². The van der Waals surface area contributed by atoms with E-state index in [4.69, 9.17) is 11.6 Å². The van der Waals surface area contributed by atoms with Crippen molar-refractivity contribution in [1.29, 1.82) is 0 Å². The normalized spacial score (nSPS) is 10.5. The third kappa shape index (κ3) is 1.40. The molecule has 0 aliphatic carbocycles. The second kappa shape index (κ2) is 2.95. The maximum absolute atomic E-state index is 5.72. The molecule has 5 heteroatoms. The van der Waals surface area contributed by atoms with Gasteiger partial charge in [0.25, 0.3) is 0 Å². The fourth-order valence-corrected chi connectivity index (χ4v) is 1.28. The maximum Gasteiger partial charge on any atom is 0.179 e. The van der Waals surface area contributed by atoms with Crippen molar-refractivity contribution < 1.29 is 0 Å². The first-order valence-corrected chi connectivity index (χ1v) is 4.36. The van der Waals surface area contributed by atoms with E-state index in [1.807, 2.05) is 0 Å². The average Bonchev–Trinajstić information content (AvgIpc) is 2.05. The Kier molecular flexibility index (Phi) is 1.94. The Morgan fingerprint density at radius 2 is 2.08 bits per heavy atom. The molecule has 0 fully saturated rings. The largest absolute Gasteiger partial charge is 0.250 e. The van der Waals surface area contributed by atoms with Gasteiger partial charge in [0.1, 0.15) is 10.1 Å². The molecule has 60 valence electrons. The van der Waals surface area contributed by atoms with Gasteiger partial charge < -0.3 is 0 Å². The van der Waals surface area contributed by atoms with Gasteiger partial charge in [-0.05, 0) is 22.0 Å². The number of pyridine rings is 1. The Morgan fingerprint density at radius 1 is 1.25 bits per heavy atom. The molecule has 0 radical (unpaired) electrons. The summed E-state index contributed by atoms with van der Waals surface area (Å²) in [4.78, 5) is 12.2. The van der Waals surface area contributed by atoms with Crippen molar-refractivity contribution in [3.63, 3.8) is 0 Å². The van der Waals surface area contributed by atoms with Crippen LogP contribution in [0.1, 0.15) is 0 Å². The van der Waals surface area contributed by atoms with Crippen LogP contribution in [0.4, 0.5) is 0 Å². The fraction of sp³-hybridized carbons (Fsp3) is 0. The molecule has 0 saturated heterocycles. The molecule has 2 aromatic heterocycles. The highest BCUT2D eigenvalue weighted by Gasteiger charge is 1.98. The standard InChI is InChI=1S/C7H3BrClN3/c8-6-3-10-5-1-4(9)2-11-7(5)12-6/h1-3H. The zero-order valence-corrected chi connectivity index (χ0v) is 8.17. The van der Waals surface area contributed by atoms with Gasteiger partial charge in [0.2, 0.25) is 0 Å². The van der Waals surface area contributed by atoms with E-state index < -0.39 is 0 Å². The minimum Gasteiger partial charge on any atom is -0.250 e. The summed E-state index contributed by atoms with van der Waals surface area (Å²) in [5.74, 6) is 0. The Bertz CT molecular complexity index is 391. The van der Waals surface area contributed by atoms with Gasteiger partial charge in [0.15, 0.2) is 5.65 Å². The third-order valence-electron chi connectivity index (χ3n) is 1.34. The fourth-order valence-electron chi connectivity index (χ4n) is 0.855. The van der Waals surface area contributed by atoms with E-state index in [2.05, 4.69) is 30.9 Å². The molecule has 0 N–H and O–H groups in total. The number of fused-ring (bicyclic) bond motifs is 1. The molecule has 2 aromatic rings. The zero-order chi connectivity index (χ0) is 8.55. The monoisotopic (exact) mass is 243 g/mol. The van der Waals surface area contributed by atoms with Gasteiger partial charge >= 0.3 is 0 Å². The lowest BCUT2D eigenvalue weighted by Crippen LogP contribution is -1.86. The van der Waals surface area contributed by atoms with E-state index in [0.29, 0.717) is 20.8 Å². The molecular weight excluding hydrogens is 241 g/mol. The molecule has 0 atom stereocenters. The topological polar surface area (TPSA) is 38.7 Å². The van der Waals surface area contributed by atoms with Crippen molar-refractivity contribution in [2.45, 2.75) is 0 Å². The van der Waals surface area contributed by atoms with Crippen LogP contribution >= 0.6 is 27.5 Å². The molecule has 0 saturated carbocycles. The summed E-state index contributed by atoms with van der Waals surface area (Å²) < 4.78 is 0.671. The molecule has 0 aliphatic heterocycles. The molecule has 0 unspecified atom stereocenters. The Balaban J connectivity index is 2.79. The lowest BCUT2D eigenvalue weighted by molar-refractivity contribution is 1.19. The quantitative estimate of drug-likeness (QED) is 0.714. The molecule has 0 bridgehead atoms. The van der Waals surface area contributed by atoms with Crippen molar-refractivity contribution in [3.8, 4) is 0 Å². The van der Waals surface area contributed by atoms with E-state index in [-0.39, 0.29) is 0 Å². The van der Waals surface area contributed by atoms with Gasteiger partial charge in [0, 0.05) is 6.20 Å². The predicted octanol–water partition coefficient (Wildman–Crippen LogP) is 2.44. The van der Waals surface area contributed by atoms with Gasteiger partial charge in [-0.2, -0.15) is 0 Å². The first kappa shape index (κ1) is 7.89. The van der Waals surface area contributed by atoms with Crippen LogP contribution in [0.2, 0.25) is 5.02 Å². The maximum atomic E-state index is 5.72. The van der Waals surface area contributed by atoms with E-state index >= 15 is 0 Å². The van der Waals surface area contributed by atoms with Crippen LogP contribution < -0.4 is 0 Å². The first-order chi connectivity index (χ1) is 5.75. The van der Waals surface area contributed by atoms with Gasteiger partial charge in [0.05, 0.1) is 11.2 Å². The summed E-state index contributed by atoms with van der Waals surface area (Å²) in [6.45, 7) is 0. The zero-order valence-electron chi connectivity index (χ0n) is 5.83. The molecule has 0 spiro atoms. The predicted molar refractivity (Wildman–Crippen MR) is 50.0 cm³/mol. The molecule has 0 amide bonds. The van der Waals surface area contributed by atoms with E-state index in [1.54, 1.807) is 18.5 Å². The number of aromatic nitrogens is 3. The molecule has 0 aromatic carbocycles.